The quantitative estimate of drug-likeness (QED) is 0.658. The molecule has 3 unspecified atom stereocenters. The summed E-state index contributed by atoms with van der Waals surface area (Å²) >= 11 is 0. The van der Waals surface area contributed by atoms with Gasteiger partial charge in [0.2, 0.25) is 0 Å². The van der Waals surface area contributed by atoms with Gasteiger partial charge in [0.15, 0.2) is 5.79 Å². The lowest BCUT2D eigenvalue weighted by molar-refractivity contribution is -0.288. The summed E-state index contributed by atoms with van der Waals surface area (Å²) in [7, 11) is 0. The van der Waals surface area contributed by atoms with Gasteiger partial charge in [-0.1, -0.05) is 27.7 Å². The first-order valence-electron chi connectivity index (χ1n) is 8.12. The van der Waals surface area contributed by atoms with Crippen LogP contribution in [0.25, 0.3) is 0 Å². The maximum absolute atomic E-state index is 6.25. The minimum absolute atomic E-state index is 0.242. The van der Waals surface area contributed by atoms with Crippen molar-refractivity contribution in [3.05, 3.63) is 0 Å². The van der Waals surface area contributed by atoms with Crippen LogP contribution < -0.4 is 0 Å². The van der Waals surface area contributed by atoms with Gasteiger partial charge in [0.1, 0.15) is 0 Å². The molecule has 3 saturated carbocycles. The minimum atomic E-state index is -0.242. The van der Waals surface area contributed by atoms with Gasteiger partial charge in [-0.25, -0.2) is 0 Å². The molecule has 0 aromatic carbocycles. The second-order valence-corrected chi connectivity index (χ2v) is 8.74. The number of ether oxygens (including phenoxy) is 2. The van der Waals surface area contributed by atoms with Gasteiger partial charge >= 0.3 is 0 Å². The molecule has 1 heterocycles. The van der Waals surface area contributed by atoms with Crippen molar-refractivity contribution in [1.82, 2.24) is 0 Å². The van der Waals surface area contributed by atoms with Gasteiger partial charge in [0, 0.05) is 12.3 Å². The molecule has 2 bridgehead atoms. The third kappa shape index (κ3) is 1.26. The average Bonchev–Trinajstić information content (AvgIpc) is 2.98. The Kier molecular flexibility index (Phi) is 2.25. The van der Waals surface area contributed by atoms with E-state index in [-0.39, 0.29) is 5.79 Å². The highest BCUT2D eigenvalue weighted by Gasteiger charge is 2.74. The van der Waals surface area contributed by atoms with E-state index in [9.17, 15) is 0 Å². The van der Waals surface area contributed by atoms with E-state index in [1.165, 1.54) is 25.7 Å². The molecular formula is C17H28O2. The zero-order chi connectivity index (χ0) is 13.5. The van der Waals surface area contributed by atoms with E-state index in [1.807, 2.05) is 0 Å². The molecule has 3 atom stereocenters. The smallest absolute Gasteiger partial charge is 0.172 e. The summed E-state index contributed by atoms with van der Waals surface area (Å²) in [5, 5.41) is 0. The molecule has 4 rings (SSSR count). The molecule has 19 heavy (non-hydrogen) atoms. The largest absolute Gasteiger partial charge is 0.347 e. The van der Waals surface area contributed by atoms with E-state index in [2.05, 4.69) is 27.7 Å². The predicted molar refractivity (Wildman–Crippen MR) is 74.7 cm³/mol. The Bertz CT molecular complexity index is 405. The first-order valence-corrected chi connectivity index (χ1v) is 8.12. The molecule has 1 aliphatic heterocycles. The molecule has 0 aromatic rings. The van der Waals surface area contributed by atoms with Crippen LogP contribution >= 0.6 is 0 Å². The van der Waals surface area contributed by atoms with Crippen molar-refractivity contribution in [1.29, 1.82) is 0 Å². The molecule has 108 valence electrons. The zero-order valence-corrected chi connectivity index (χ0v) is 12.9. The monoisotopic (exact) mass is 264 g/mol. The van der Waals surface area contributed by atoms with Gasteiger partial charge in [-0.05, 0) is 47.8 Å². The van der Waals surface area contributed by atoms with E-state index in [0.29, 0.717) is 22.2 Å². The number of rotatable bonds is 0. The van der Waals surface area contributed by atoms with Crippen LogP contribution in [0.4, 0.5) is 0 Å². The van der Waals surface area contributed by atoms with Crippen molar-refractivity contribution in [2.24, 2.45) is 28.1 Å². The summed E-state index contributed by atoms with van der Waals surface area (Å²) in [5.41, 5.74) is 1.28. The minimum Gasteiger partial charge on any atom is -0.347 e. The fourth-order valence-electron chi connectivity index (χ4n) is 6.58. The number of hydrogen-bond donors (Lipinski definition) is 0. The van der Waals surface area contributed by atoms with Crippen molar-refractivity contribution >= 4 is 0 Å². The molecule has 2 nitrogen and oxygen atoms in total. The molecule has 4 aliphatic rings. The Balaban J connectivity index is 1.87. The zero-order valence-electron chi connectivity index (χ0n) is 12.9. The van der Waals surface area contributed by atoms with Crippen LogP contribution in [0.3, 0.4) is 0 Å². The van der Waals surface area contributed by atoms with Crippen LogP contribution in [0.5, 0.6) is 0 Å². The highest BCUT2D eigenvalue weighted by atomic mass is 16.7. The van der Waals surface area contributed by atoms with Gasteiger partial charge in [0.25, 0.3) is 0 Å². The summed E-state index contributed by atoms with van der Waals surface area (Å²) in [6.45, 7) is 11.6. The van der Waals surface area contributed by atoms with Crippen LogP contribution in [0.15, 0.2) is 0 Å². The second-order valence-electron chi connectivity index (χ2n) is 8.74. The molecule has 0 radical (unpaired) electrons. The highest BCUT2D eigenvalue weighted by Crippen LogP contribution is 2.77. The van der Waals surface area contributed by atoms with Crippen molar-refractivity contribution in [2.45, 2.75) is 65.6 Å². The van der Waals surface area contributed by atoms with Crippen molar-refractivity contribution in [2.75, 3.05) is 13.2 Å². The van der Waals surface area contributed by atoms with Gasteiger partial charge in [0.05, 0.1) is 13.2 Å². The van der Waals surface area contributed by atoms with E-state index in [1.54, 1.807) is 0 Å². The topological polar surface area (TPSA) is 18.5 Å². The van der Waals surface area contributed by atoms with Crippen LogP contribution in [0.1, 0.15) is 59.8 Å². The Hall–Kier alpha value is -0.0800. The summed E-state index contributed by atoms with van der Waals surface area (Å²) in [5.74, 6) is 1.23. The van der Waals surface area contributed by atoms with Gasteiger partial charge < -0.3 is 9.47 Å². The van der Waals surface area contributed by atoms with Crippen LogP contribution in [0, 0.1) is 28.1 Å². The molecule has 2 heteroatoms. The third-order valence-electron chi connectivity index (χ3n) is 7.56. The molecule has 0 amide bonds. The van der Waals surface area contributed by atoms with Gasteiger partial charge in [-0.2, -0.15) is 0 Å². The fourth-order valence-corrected chi connectivity index (χ4v) is 6.58. The maximum Gasteiger partial charge on any atom is 0.172 e. The average molecular weight is 264 g/mol. The normalized spacial score (nSPS) is 48.6. The van der Waals surface area contributed by atoms with Crippen molar-refractivity contribution < 1.29 is 9.47 Å². The summed E-state index contributed by atoms with van der Waals surface area (Å²) in [6.07, 6.45) is 6.58. The molecule has 4 fully saturated rings. The highest BCUT2D eigenvalue weighted by molar-refractivity contribution is 5.20. The van der Waals surface area contributed by atoms with Gasteiger partial charge in [-0.15, -0.1) is 0 Å². The molecule has 3 aliphatic carbocycles. The molecule has 1 saturated heterocycles. The number of hydrogen-bond acceptors (Lipinski definition) is 2. The van der Waals surface area contributed by atoms with E-state index in [0.717, 1.165) is 25.6 Å². The SMILES string of the molecule is CC1(C)C2CCC3(C2)C1C1(CCC3(C)C)OCCO1. The third-order valence-corrected chi connectivity index (χ3v) is 7.56. The molecule has 0 aromatic heterocycles. The Morgan fingerprint density at radius 1 is 0.895 bits per heavy atom. The van der Waals surface area contributed by atoms with E-state index < -0.39 is 0 Å². The van der Waals surface area contributed by atoms with Gasteiger partial charge in [-0.3, -0.25) is 0 Å². The van der Waals surface area contributed by atoms with Crippen LogP contribution in [-0.2, 0) is 9.47 Å². The predicted octanol–water partition coefficient (Wildman–Crippen LogP) is 3.99. The number of fused-ring (bicyclic) bond motifs is 2. The van der Waals surface area contributed by atoms with Crippen LogP contribution in [0.2, 0.25) is 0 Å². The Morgan fingerprint density at radius 3 is 2.26 bits per heavy atom. The second kappa shape index (κ2) is 3.39. The first kappa shape index (κ1) is 12.6. The molecule has 2 spiro atoms. The van der Waals surface area contributed by atoms with Crippen LogP contribution in [-0.4, -0.2) is 19.0 Å². The molecular weight excluding hydrogens is 236 g/mol. The Labute approximate surface area is 117 Å². The van der Waals surface area contributed by atoms with E-state index >= 15 is 0 Å². The van der Waals surface area contributed by atoms with Crippen molar-refractivity contribution in [3.63, 3.8) is 0 Å². The van der Waals surface area contributed by atoms with Crippen molar-refractivity contribution in [3.8, 4) is 0 Å². The molecule has 0 N–H and O–H groups in total. The fraction of sp³-hybridized carbons (Fsp3) is 1.00. The standard InChI is InChI=1S/C17H28O2/c1-14(2)7-8-17(18-9-10-19-17)13-15(3,4)12-5-6-16(13,14)11-12/h12-13H,5-11H2,1-4H3. The first-order chi connectivity index (χ1) is 8.84. The summed E-state index contributed by atoms with van der Waals surface area (Å²) < 4.78 is 12.5. The lowest BCUT2D eigenvalue weighted by Gasteiger charge is -2.61. The summed E-state index contributed by atoms with van der Waals surface area (Å²) in [4.78, 5) is 0. The summed E-state index contributed by atoms with van der Waals surface area (Å²) in [6, 6.07) is 0. The maximum atomic E-state index is 6.25. The van der Waals surface area contributed by atoms with E-state index in [4.69, 9.17) is 9.47 Å². The Morgan fingerprint density at radius 2 is 1.58 bits per heavy atom. The lowest BCUT2D eigenvalue weighted by Crippen LogP contribution is -2.61. The lowest BCUT2D eigenvalue weighted by atomic mass is 9.47.